The van der Waals surface area contributed by atoms with Crippen LogP contribution in [0.3, 0.4) is 0 Å². The molecule has 0 aliphatic heterocycles. The summed E-state index contributed by atoms with van der Waals surface area (Å²) in [6.07, 6.45) is 7.65. The molecule has 0 atom stereocenters. The third-order valence-corrected chi connectivity index (χ3v) is 3.64. The van der Waals surface area contributed by atoms with Crippen LogP contribution >= 0.6 is 11.6 Å². The van der Waals surface area contributed by atoms with Crippen LogP contribution in [0.5, 0.6) is 0 Å². The second-order valence-corrected chi connectivity index (χ2v) is 5.76. The van der Waals surface area contributed by atoms with E-state index in [0.29, 0.717) is 28.3 Å². The summed E-state index contributed by atoms with van der Waals surface area (Å²) in [5, 5.41) is 0.992. The fourth-order valence-corrected chi connectivity index (χ4v) is 2.47. The Morgan fingerprint density at radius 2 is 2.17 bits per heavy atom. The number of H-pyrrole nitrogens is 1. The first-order valence-electron chi connectivity index (χ1n) is 7.82. The number of carbonyl (C=O) groups is 1. The van der Waals surface area contributed by atoms with Crippen LogP contribution in [0, 0.1) is 0 Å². The number of rotatable bonds is 6. The number of hydrogen-bond donors (Lipinski definition) is 1. The van der Waals surface area contributed by atoms with Gasteiger partial charge in [0.05, 0.1) is 17.4 Å². The summed E-state index contributed by atoms with van der Waals surface area (Å²) < 4.78 is 0. The molecule has 6 heteroatoms. The number of nitrogens with one attached hydrogen (secondary N) is 1. The number of nitrogens with zero attached hydrogens (tertiary/aromatic N) is 2. The molecular formula is C18H20ClN3O2. The number of amides is 1. The number of halogens is 1. The Bertz CT molecular complexity index is 840. The molecule has 1 aromatic heterocycles. The molecule has 2 aromatic rings. The highest BCUT2D eigenvalue weighted by Crippen LogP contribution is 2.15. The highest BCUT2D eigenvalue weighted by molar-refractivity contribution is 6.31. The maximum Gasteiger partial charge on any atom is 0.258 e. The van der Waals surface area contributed by atoms with Crippen LogP contribution in [0.25, 0.3) is 10.9 Å². The van der Waals surface area contributed by atoms with Crippen molar-refractivity contribution in [2.75, 3.05) is 6.54 Å². The molecule has 126 valence electrons. The smallest absolute Gasteiger partial charge is 0.258 e. The first-order valence-corrected chi connectivity index (χ1v) is 8.19. The summed E-state index contributed by atoms with van der Waals surface area (Å²) in [7, 11) is 0. The van der Waals surface area contributed by atoms with Crippen molar-refractivity contribution in [1.29, 1.82) is 0 Å². The van der Waals surface area contributed by atoms with Crippen LogP contribution in [0.4, 0.5) is 0 Å². The Kier molecular flexibility index (Phi) is 6.32. The highest BCUT2D eigenvalue weighted by Gasteiger charge is 2.13. The summed E-state index contributed by atoms with van der Waals surface area (Å²) in [5.74, 6) is 0.319. The third kappa shape index (κ3) is 4.55. The zero-order chi connectivity index (χ0) is 17.5. The van der Waals surface area contributed by atoms with Crippen LogP contribution in [0.1, 0.15) is 26.1 Å². The molecule has 0 saturated heterocycles. The van der Waals surface area contributed by atoms with Crippen molar-refractivity contribution in [2.45, 2.75) is 26.8 Å². The number of fused-ring (bicyclic) bond motifs is 1. The van der Waals surface area contributed by atoms with Gasteiger partial charge in [-0.3, -0.25) is 9.59 Å². The molecule has 1 aromatic carbocycles. The van der Waals surface area contributed by atoms with Gasteiger partial charge in [-0.1, -0.05) is 36.8 Å². The number of allylic oxidation sites excluding steroid dienone is 3. The predicted molar refractivity (Wildman–Crippen MR) is 97.0 cm³/mol. The summed E-state index contributed by atoms with van der Waals surface area (Å²) >= 11 is 5.97. The van der Waals surface area contributed by atoms with E-state index in [1.165, 1.54) is 6.08 Å². The Morgan fingerprint density at radius 3 is 2.88 bits per heavy atom. The van der Waals surface area contributed by atoms with Gasteiger partial charge in [-0.15, -0.1) is 0 Å². The summed E-state index contributed by atoms with van der Waals surface area (Å²) in [6, 6.07) is 4.94. The molecule has 0 saturated carbocycles. The van der Waals surface area contributed by atoms with Crippen LogP contribution < -0.4 is 5.56 Å². The van der Waals surface area contributed by atoms with Gasteiger partial charge in [-0.25, -0.2) is 4.98 Å². The van der Waals surface area contributed by atoms with Crippen molar-refractivity contribution in [1.82, 2.24) is 14.9 Å². The lowest BCUT2D eigenvalue weighted by atomic mass is 10.2. The lowest BCUT2D eigenvalue weighted by Crippen LogP contribution is -2.31. The Morgan fingerprint density at radius 1 is 1.38 bits per heavy atom. The zero-order valence-electron chi connectivity index (χ0n) is 13.8. The van der Waals surface area contributed by atoms with E-state index in [0.717, 1.165) is 6.42 Å². The van der Waals surface area contributed by atoms with Gasteiger partial charge in [0, 0.05) is 17.6 Å². The Hall–Kier alpha value is -2.40. The predicted octanol–water partition coefficient (Wildman–Crippen LogP) is 3.45. The first kappa shape index (κ1) is 17.9. The van der Waals surface area contributed by atoms with E-state index < -0.39 is 0 Å². The molecule has 0 aliphatic rings. The minimum absolute atomic E-state index is 0.121. The van der Waals surface area contributed by atoms with Gasteiger partial charge in [0.25, 0.3) is 5.56 Å². The molecule has 5 nitrogen and oxygen atoms in total. The van der Waals surface area contributed by atoms with Crippen molar-refractivity contribution in [3.8, 4) is 0 Å². The monoisotopic (exact) mass is 345 g/mol. The number of hydrogen-bond acceptors (Lipinski definition) is 3. The molecule has 1 heterocycles. The number of carbonyl (C=O) groups excluding carboxylic acids is 1. The second kappa shape index (κ2) is 8.45. The maximum atomic E-state index is 12.3. The van der Waals surface area contributed by atoms with Crippen LogP contribution in [0.15, 0.2) is 47.3 Å². The number of benzene rings is 1. The topological polar surface area (TPSA) is 66.1 Å². The molecule has 1 amide bonds. The normalized spacial score (nSPS) is 11.6. The maximum absolute atomic E-state index is 12.3. The molecular weight excluding hydrogens is 326 g/mol. The quantitative estimate of drug-likeness (QED) is 0.644. The van der Waals surface area contributed by atoms with E-state index in [1.54, 1.807) is 35.3 Å². The molecule has 2 rings (SSSR count). The van der Waals surface area contributed by atoms with E-state index in [4.69, 9.17) is 11.6 Å². The average Bonchev–Trinajstić information content (AvgIpc) is 2.54. The fourth-order valence-electron chi connectivity index (χ4n) is 2.31. The lowest BCUT2D eigenvalue weighted by Gasteiger charge is -2.20. The van der Waals surface area contributed by atoms with Gasteiger partial charge >= 0.3 is 0 Å². The molecule has 0 spiro atoms. The molecule has 0 aliphatic carbocycles. The molecule has 24 heavy (non-hydrogen) atoms. The lowest BCUT2D eigenvalue weighted by molar-refractivity contribution is -0.126. The van der Waals surface area contributed by atoms with Crippen molar-refractivity contribution in [3.05, 3.63) is 63.7 Å². The molecule has 0 radical (unpaired) electrons. The summed E-state index contributed by atoms with van der Waals surface area (Å²) in [5.41, 5.74) is 0.287. The van der Waals surface area contributed by atoms with Crippen LogP contribution in [0.2, 0.25) is 5.02 Å². The second-order valence-electron chi connectivity index (χ2n) is 5.32. The van der Waals surface area contributed by atoms with E-state index in [9.17, 15) is 9.59 Å². The molecule has 0 fully saturated rings. The van der Waals surface area contributed by atoms with E-state index >= 15 is 0 Å². The van der Waals surface area contributed by atoms with Crippen molar-refractivity contribution in [2.24, 2.45) is 0 Å². The van der Waals surface area contributed by atoms with Gasteiger partial charge in [-0.05, 0) is 31.5 Å². The average molecular weight is 346 g/mol. The number of aromatic nitrogens is 2. The minimum atomic E-state index is -0.236. The van der Waals surface area contributed by atoms with E-state index in [-0.39, 0.29) is 18.0 Å². The molecule has 0 bridgehead atoms. The molecule has 1 N–H and O–H groups in total. The van der Waals surface area contributed by atoms with Crippen molar-refractivity contribution < 1.29 is 4.79 Å². The van der Waals surface area contributed by atoms with Gasteiger partial charge in [-0.2, -0.15) is 0 Å². The van der Waals surface area contributed by atoms with E-state index in [2.05, 4.69) is 9.97 Å². The fraction of sp³-hybridized carbons (Fsp3) is 0.278. The summed E-state index contributed by atoms with van der Waals surface area (Å²) in [4.78, 5) is 33.3. The number of aromatic amines is 1. The minimum Gasteiger partial charge on any atom is -0.332 e. The van der Waals surface area contributed by atoms with Gasteiger partial charge in [0.15, 0.2) is 0 Å². The zero-order valence-corrected chi connectivity index (χ0v) is 14.5. The van der Waals surface area contributed by atoms with Gasteiger partial charge in [0.2, 0.25) is 5.91 Å². The SMILES string of the molecule is C/C=C/C=C/C(=O)N(CCC)Cc1nc2cc(Cl)ccc2c(=O)[nH]1. The van der Waals surface area contributed by atoms with E-state index in [1.807, 2.05) is 19.9 Å². The standard InChI is InChI=1S/C18H20ClN3O2/c1-3-5-6-7-17(23)22(10-4-2)12-16-20-15-11-13(19)8-9-14(15)18(24)21-16/h3,5-9,11H,4,10,12H2,1-2H3,(H,20,21,24)/b5-3+,7-6+. The highest BCUT2D eigenvalue weighted by atomic mass is 35.5. The van der Waals surface area contributed by atoms with Gasteiger partial charge in [0.1, 0.15) is 5.82 Å². The largest absolute Gasteiger partial charge is 0.332 e. The van der Waals surface area contributed by atoms with Gasteiger partial charge < -0.3 is 9.88 Å². The van der Waals surface area contributed by atoms with Crippen LogP contribution in [-0.4, -0.2) is 27.3 Å². The Labute approximate surface area is 145 Å². The van der Waals surface area contributed by atoms with Crippen molar-refractivity contribution >= 4 is 28.4 Å². The Balaban J connectivity index is 2.30. The third-order valence-electron chi connectivity index (χ3n) is 3.41. The first-order chi connectivity index (χ1) is 11.5. The molecule has 0 unspecified atom stereocenters. The van der Waals surface area contributed by atoms with Crippen LogP contribution in [-0.2, 0) is 11.3 Å². The van der Waals surface area contributed by atoms with Crippen molar-refractivity contribution in [3.63, 3.8) is 0 Å². The summed E-state index contributed by atoms with van der Waals surface area (Å²) in [6.45, 7) is 4.70.